The Morgan fingerprint density at radius 2 is 1.48 bits per heavy atom. The molecule has 0 spiro atoms. The fraction of sp³-hybridized carbons (Fsp3) is 0.304. The molecule has 0 radical (unpaired) electrons. The lowest BCUT2D eigenvalue weighted by Crippen LogP contribution is -2.16. The summed E-state index contributed by atoms with van der Waals surface area (Å²) in [7, 11) is 0. The molecule has 0 aromatic heterocycles. The number of phenols is 2. The van der Waals surface area contributed by atoms with Gasteiger partial charge in [-0.05, 0) is 75.5 Å². The number of benzene rings is 3. The van der Waals surface area contributed by atoms with Crippen LogP contribution in [-0.4, -0.2) is 10.2 Å². The van der Waals surface area contributed by atoms with Crippen molar-refractivity contribution >= 4 is 10.8 Å². The first-order valence-corrected chi connectivity index (χ1v) is 8.85. The van der Waals surface area contributed by atoms with Crippen molar-refractivity contribution in [1.82, 2.24) is 0 Å². The average molecular weight is 334 g/mol. The van der Waals surface area contributed by atoms with E-state index < -0.39 is 0 Å². The van der Waals surface area contributed by atoms with Gasteiger partial charge in [0, 0.05) is 0 Å². The molecule has 25 heavy (non-hydrogen) atoms. The highest BCUT2D eigenvalue weighted by Crippen LogP contribution is 2.35. The van der Waals surface area contributed by atoms with Gasteiger partial charge in [0.15, 0.2) is 0 Å². The zero-order valence-corrected chi connectivity index (χ0v) is 15.4. The molecule has 3 aromatic carbocycles. The molecule has 3 rings (SSSR count). The molecule has 2 heteroatoms. The Hall–Kier alpha value is -2.48. The van der Waals surface area contributed by atoms with Crippen molar-refractivity contribution in [1.29, 1.82) is 0 Å². The van der Waals surface area contributed by atoms with Crippen LogP contribution in [0, 0.1) is 0 Å². The van der Waals surface area contributed by atoms with E-state index in [1.165, 1.54) is 5.56 Å². The van der Waals surface area contributed by atoms with E-state index in [9.17, 15) is 10.2 Å². The van der Waals surface area contributed by atoms with Gasteiger partial charge < -0.3 is 10.2 Å². The summed E-state index contributed by atoms with van der Waals surface area (Å²) in [6, 6.07) is 15.6. The zero-order chi connectivity index (χ0) is 18.2. The van der Waals surface area contributed by atoms with Gasteiger partial charge in [-0.1, -0.05) is 52.0 Å². The van der Waals surface area contributed by atoms with Crippen molar-refractivity contribution in [3.05, 3.63) is 70.8 Å². The molecule has 0 aliphatic carbocycles. The van der Waals surface area contributed by atoms with Crippen molar-refractivity contribution in [3.8, 4) is 11.5 Å². The first-order chi connectivity index (χ1) is 11.8. The summed E-state index contributed by atoms with van der Waals surface area (Å²) in [6.45, 7) is 8.63. The number of rotatable bonds is 3. The largest absolute Gasteiger partial charge is 0.508 e. The van der Waals surface area contributed by atoms with Crippen molar-refractivity contribution in [2.24, 2.45) is 0 Å². The lowest BCUT2D eigenvalue weighted by atomic mass is 9.79. The van der Waals surface area contributed by atoms with E-state index >= 15 is 0 Å². The van der Waals surface area contributed by atoms with Crippen LogP contribution in [0.25, 0.3) is 10.8 Å². The molecule has 0 saturated heterocycles. The molecule has 0 atom stereocenters. The normalized spacial score (nSPS) is 11.8. The molecule has 0 heterocycles. The molecule has 0 saturated carbocycles. The SMILES string of the molecule is CCc1cc(O)cc(C(C)(C)C)c1Cc1cc(O)cc2ccccc12. The lowest BCUT2D eigenvalue weighted by molar-refractivity contribution is 0.469. The van der Waals surface area contributed by atoms with Gasteiger partial charge in [-0.15, -0.1) is 0 Å². The molecule has 0 aliphatic rings. The Bertz CT molecular complexity index is 917. The minimum Gasteiger partial charge on any atom is -0.508 e. The zero-order valence-electron chi connectivity index (χ0n) is 15.4. The Balaban J connectivity index is 2.22. The Morgan fingerprint density at radius 1 is 0.840 bits per heavy atom. The third-order valence-electron chi connectivity index (χ3n) is 4.82. The van der Waals surface area contributed by atoms with Crippen LogP contribution in [0.2, 0.25) is 0 Å². The summed E-state index contributed by atoms with van der Waals surface area (Å²) in [4.78, 5) is 0. The first-order valence-electron chi connectivity index (χ1n) is 8.85. The monoisotopic (exact) mass is 334 g/mol. The van der Waals surface area contributed by atoms with Gasteiger partial charge >= 0.3 is 0 Å². The summed E-state index contributed by atoms with van der Waals surface area (Å²) in [5.74, 6) is 0.620. The lowest BCUT2D eigenvalue weighted by Gasteiger charge is -2.26. The van der Waals surface area contributed by atoms with Gasteiger partial charge in [-0.2, -0.15) is 0 Å². The van der Waals surface area contributed by atoms with E-state index in [4.69, 9.17) is 0 Å². The molecule has 0 amide bonds. The quantitative estimate of drug-likeness (QED) is 0.645. The van der Waals surface area contributed by atoms with Crippen LogP contribution in [0.5, 0.6) is 11.5 Å². The minimum absolute atomic E-state index is 0.0649. The van der Waals surface area contributed by atoms with Crippen LogP contribution in [0.1, 0.15) is 49.9 Å². The highest BCUT2D eigenvalue weighted by Gasteiger charge is 2.22. The van der Waals surface area contributed by atoms with Crippen molar-refractivity contribution in [2.45, 2.75) is 46.0 Å². The van der Waals surface area contributed by atoms with E-state index in [-0.39, 0.29) is 5.41 Å². The third-order valence-corrected chi connectivity index (χ3v) is 4.82. The van der Waals surface area contributed by atoms with Gasteiger partial charge in [0.2, 0.25) is 0 Å². The standard InChI is InChI=1S/C23H26O2/c1-5-15-10-19(25)14-22(23(2,3)4)21(15)13-17-12-18(24)11-16-8-6-7-9-20(16)17/h6-12,14,24-25H,5,13H2,1-4H3. The highest BCUT2D eigenvalue weighted by atomic mass is 16.3. The second-order valence-electron chi connectivity index (χ2n) is 7.74. The number of hydrogen-bond donors (Lipinski definition) is 2. The maximum absolute atomic E-state index is 10.2. The topological polar surface area (TPSA) is 40.5 Å². The summed E-state index contributed by atoms with van der Waals surface area (Å²) < 4.78 is 0. The summed E-state index contributed by atoms with van der Waals surface area (Å²) in [6.07, 6.45) is 1.61. The van der Waals surface area contributed by atoms with Crippen molar-refractivity contribution in [2.75, 3.05) is 0 Å². The minimum atomic E-state index is -0.0649. The van der Waals surface area contributed by atoms with Crippen LogP contribution in [0.15, 0.2) is 48.5 Å². The van der Waals surface area contributed by atoms with E-state index in [2.05, 4.69) is 33.8 Å². The fourth-order valence-electron chi connectivity index (χ4n) is 3.62. The van der Waals surface area contributed by atoms with Crippen LogP contribution in [0.3, 0.4) is 0 Å². The first kappa shape index (κ1) is 17.3. The molecule has 0 unspecified atom stereocenters. The van der Waals surface area contributed by atoms with Crippen molar-refractivity contribution < 1.29 is 10.2 Å². The molecule has 3 aromatic rings. The number of aryl methyl sites for hydroxylation is 1. The Labute approximate surface area is 149 Å². The molecular formula is C23H26O2. The average Bonchev–Trinajstić information content (AvgIpc) is 2.54. The highest BCUT2D eigenvalue weighted by molar-refractivity contribution is 5.87. The second kappa shape index (κ2) is 6.44. The number of fused-ring (bicyclic) bond motifs is 1. The second-order valence-corrected chi connectivity index (χ2v) is 7.74. The third kappa shape index (κ3) is 3.48. The van der Waals surface area contributed by atoms with Gasteiger partial charge in [-0.25, -0.2) is 0 Å². The predicted molar refractivity (Wildman–Crippen MR) is 105 cm³/mol. The number of hydrogen-bond acceptors (Lipinski definition) is 2. The molecule has 0 fully saturated rings. The molecule has 2 nitrogen and oxygen atoms in total. The van der Waals surface area contributed by atoms with E-state index in [1.54, 1.807) is 6.07 Å². The maximum atomic E-state index is 10.2. The van der Waals surface area contributed by atoms with E-state index in [1.807, 2.05) is 36.4 Å². The molecule has 0 aliphatic heterocycles. The van der Waals surface area contributed by atoms with Gasteiger partial charge in [0.1, 0.15) is 11.5 Å². The van der Waals surface area contributed by atoms with E-state index in [0.717, 1.165) is 40.3 Å². The smallest absolute Gasteiger partial charge is 0.116 e. The molecule has 2 N–H and O–H groups in total. The Kier molecular flexibility index (Phi) is 4.47. The van der Waals surface area contributed by atoms with Crippen LogP contribution in [-0.2, 0) is 18.3 Å². The fourth-order valence-corrected chi connectivity index (χ4v) is 3.62. The summed E-state index contributed by atoms with van der Waals surface area (Å²) in [5, 5.41) is 22.5. The van der Waals surface area contributed by atoms with Crippen molar-refractivity contribution in [3.63, 3.8) is 0 Å². The van der Waals surface area contributed by atoms with Crippen LogP contribution < -0.4 is 0 Å². The Morgan fingerprint density at radius 3 is 2.16 bits per heavy atom. The summed E-state index contributed by atoms with van der Waals surface area (Å²) >= 11 is 0. The maximum Gasteiger partial charge on any atom is 0.116 e. The van der Waals surface area contributed by atoms with Crippen LogP contribution >= 0.6 is 0 Å². The molecular weight excluding hydrogens is 308 g/mol. The van der Waals surface area contributed by atoms with Gasteiger partial charge in [-0.3, -0.25) is 0 Å². The number of phenolic OH excluding ortho intramolecular Hbond substituents is 2. The van der Waals surface area contributed by atoms with Gasteiger partial charge in [0.05, 0.1) is 0 Å². The predicted octanol–water partition coefficient (Wildman–Crippen LogP) is 5.70. The molecule has 130 valence electrons. The van der Waals surface area contributed by atoms with Gasteiger partial charge in [0.25, 0.3) is 0 Å². The van der Waals surface area contributed by atoms with Crippen LogP contribution in [0.4, 0.5) is 0 Å². The summed E-state index contributed by atoms with van der Waals surface area (Å²) in [5.41, 5.74) is 4.63. The van der Waals surface area contributed by atoms with E-state index in [0.29, 0.717) is 11.5 Å². The molecule has 0 bridgehead atoms. The number of aromatic hydroxyl groups is 2.